The van der Waals surface area contributed by atoms with Crippen LogP contribution in [0.1, 0.15) is 0 Å². The maximum atomic E-state index is 11.6. The normalized spacial score (nSPS) is 11.4. The van der Waals surface area contributed by atoms with E-state index in [2.05, 4.69) is 26.0 Å². The first-order valence-corrected chi connectivity index (χ1v) is 7.37. The maximum absolute atomic E-state index is 11.6. The van der Waals surface area contributed by atoms with Crippen molar-refractivity contribution in [3.05, 3.63) is 27.7 Å². The Morgan fingerprint density at radius 1 is 1.44 bits per heavy atom. The zero-order chi connectivity index (χ0) is 12.2. The van der Waals surface area contributed by atoms with Crippen molar-refractivity contribution in [1.82, 2.24) is 5.32 Å². The Bertz CT molecular complexity index is 465. The second kappa shape index (κ2) is 5.86. The molecule has 0 saturated carbocycles. The molecule has 0 saturated heterocycles. The van der Waals surface area contributed by atoms with Crippen LogP contribution in [0.4, 0.5) is 5.69 Å². The van der Waals surface area contributed by atoms with Crippen LogP contribution >= 0.6 is 27.5 Å². The fourth-order valence-electron chi connectivity index (χ4n) is 1.03. The quantitative estimate of drug-likeness (QED) is 0.870. The van der Waals surface area contributed by atoms with E-state index >= 15 is 0 Å². The van der Waals surface area contributed by atoms with E-state index in [1.54, 1.807) is 25.2 Å². The molecule has 1 rings (SSSR count). The Morgan fingerprint density at radius 3 is 2.75 bits per heavy atom. The van der Waals surface area contributed by atoms with Crippen LogP contribution in [0.25, 0.3) is 0 Å². The molecule has 4 nitrogen and oxygen atoms in total. The minimum Gasteiger partial charge on any atom is -0.319 e. The summed E-state index contributed by atoms with van der Waals surface area (Å²) in [5, 5.41) is 3.15. The molecule has 7 heteroatoms. The third kappa shape index (κ3) is 4.29. The highest BCUT2D eigenvalue weighted by Gasteiger charge is 2.11. The van der Waals surface area contributed by atoms with E-state index in [-0.39, 0.29) is 5.75 Å². The number of benzene rings is 1. The lowest BCUT2D eigenvalue weighted by molar-refractivity contribution is 0.599. The van der Waals surface area contributed by atoms with E-state index in [1.807, 2.05) is 0 Å². The van der Waals surface area contributed by atoms with Crippen LogP contribution in [-0.4, -0.2) is 27.8 Å². The first-order chi connectivity index (χ1) is 7.44. The first-order valence-electron chi connectivity index (χ1n) is 4.55. The van der Waals surface area contributed by atoms with Crippen molar-refractivity contribution in [3.63, 3.8) is 0 Å². The second-order valence-corrected chi connectivity index (χ2v) is 6.31. The molecule has 0 aliphatic rings. The molecule has 0 fully saturated rings. The Hall–Kier alpha value is -0.300. The molecule has 16 heavy (non-hydrogen) atoms. The number of rotatable bonds is 5. The smallest absolute Gasteiger partial charge is 0.234 e. The minimum absolute atomic E-state index is 0.00629. The van der Waals surface area contributed by atoms with Gasteiger partial charge < -0.3 is 5.32 Å². The molecule has 1 aromatic carbocycles. The molecule has 0 aliphatic heterocycles. The highest BCUT2D eigenvalue weighted by Crippen LogP contribution is 2.26. The molecule has 0 spiro atoms. The van der Waals surface area contributed by atoms with Gasteiger partial charge in [-0.2, -0.15) is 0 Å². The summed E-state index contributed by atoms with van der Waals surface area (Å²) in [6, 6.07) is 4.99. The van der Waals surface area contributed by atoms with Gasteiger partial charge in [0.1, 0.15) is 0 Å². The lowest BCUT2D eigenvalue weighted by Gasteiger charge is -2.09. The van der Waals surface area contributed by atoms with E-state index in [9.17, 15) is 8.42 Å². The van der Waals surface area contributed by atoms with Gasteiger partial charge in [0.15, 0.2) is 0 Å². The molecule has 0 aromatic heterocycles. The summed E-state index contributed by atoms with van der Waals surface area (Å²) < 4.78 is 26.4. The average molecular weight is 328 g/mol. The van der Waals surface area contributed by atoms with Crippen molar-refractivity contribution < 1.29 is 8.42 Å². The van der Waals surface area contributed by atoms with Crippen molar-refractivity contribution >= 4 is 43.2 Å². The van der Waals surface area contributed by atoms with E-state index in [1.165, 1.54) is 0 Å². The predicted octanol–water partition coefficient (Wildman–Crippen LogP) is 2.06. The third-order valence-corrected chi connectivity index (χ3v) is 3.91. The Labute approximate surface area is 109 Å². The van der Waals surface area contributed by atoms with Gasteiger partial charge in [0.25, 0.3) is 0 Å². The first kappa shape index (κ1) is 13.8. The average Bonchev–Trinajstić information content (AvgIpc) is 2.20. The Morgan fingerprint density at radius 2 is 2.12 bits per heavy atom. The van der Waals surface area contributed by atoms with Gasteiger partial charge in [-0.25, -0.2) is 8.42 Å². The Kier molecular flexibility index (Phi) is 5.04. The highest BCUT2D eigenvalue weighted by molar-refractivity contribution is 9.10. The lowest BCUT2D eigenvalue weighted by atomic mass is 10.3. The van der Waals surface area contributed by atoms with E-state index in [4.69, 9.17) is 11.6 Å². The largest absolute Gasteiger partial charge is 0.319 e. The lowest BCUT2D eigenvalue weighted by Crippen LogP contribution is -2.24. The molecule has 0 amide bonds. The molecular weight excluding hydrogens is 316 g/mol. The van der Waals surface area contributed by atoms with Crippen molar-refractivity contribution in [2.75, 3.05) is 24.1 Å². The van der Waals surface area contributed by atoms with Crippen molar-refractivity contribution in [1.29, 1.82) is 0 Å². The molecule has 0 heterocycles. The van der Waals surface area contributed by atoms with Crippen LogP contribution in [0.5, 0.6) is 0 Å². The maximum Gasteiger partial charge on any atom is 0.234 e. The zero-order valence-corrected chi connectivity index (χ0v) is 11.8. The third-order valence-electron chi connectivity index (χ3n) is 1.81. The summed E-state index contributed by atoms with van der Waals surface area (Å²) >= 11 is 9.12. The minimum atomic E-state index is -3.35. The molecule has 0 bridgehead atoms. The van der Waals surface area contributed by atoms with Gasteiger partial charge in [0.05, 0.1) is 16.5 Å². The second-order valence-electron chi connectivity index (χ2n) is 3.15. The standard InChI is InChI=1S/C9H12BrClN2O2S/c1-12-4-5-16(14,15)13-9-6-7(10)2-3-8(9)11/h2-3,6,12-13H,4-5H2,1H3. The van der Waals surface area contributed by atoms with Crippen molar-refractivity contribution in [2.24, 2.45) is 0 Å². The van der Waals surface area contributed by atoms with Gasteiger partial charge in [0.2, 0.25) is 10.0 Å². The summed E-state index contributed by atoms with van der Waals surface area (Å²) in [4.78, 5) is 0. The fraction of sp³-hybridized carbons (Fsp3) is 0.333. The van der Waals surface area contributed by atoms with Gasteiger partial charge in [-0.15, -0.1) is 0 Å². The number of hydrogen-bond acceptors (Lipinski definition) is 3. The van der Waals surface area contributed by atoms with Crippen LogP contribution in [0.3, 0.4) is 0 Å². The van der Waals surface area contributed by atoms with Crippen molar-refractivity contribution in [2.45, 2.75) is 0 Å². The van der Waals surface area contributed by atoms with Gasteiger partial charge in [-0.3, -0.25) is 4.72 Å². The summed E-state index contributed by atoms with van der Waals surface area (Å²) in [7, 11) is -1.66. The number of anilines is 1. The van der Waals surface area contributed by atoms with E-state index < -0.39 is 10.0 Å². The van der Waals surface area contributed by atoms with Crippen LogP contribution in [-0.2, 0) is 10.0 Å². The molecule has 0 aliphatic carbocycles. The van der Waals surface area contributed by atoms with E-state index in [0.717, 1.165) is 4.47 Å². The van der Waals surface area contributed by atoms with Gasteiger partial charge in [0, 0.05) is 11.0 Å². The molecule has 90 valence electrons. The van der Waals surface area contributed by atoms with Gasteiger partial charge in [-0.1, -0.05) is 27.5 Å². The summed E-state index contributed by atoms with van der Waals surface area (Å²) in [5.41, 5.74) is 0.382. The van der Waals surface area contributed by atoms with Crippen molar-refractivity contribution in [3.8, 4) is 0 Å². The molecule has 0 unspecified atom stereocenters. The number of nitrogens with one attached hydrogen (secondary N) is 2. The van der Waals surface area contributed by atoms with Crippen LogP contribution in [0, 0.1) is 0 Å². The summed E-state index contributed by atoms with van der Waals surface area (Å²) in [5.74, 6) is 0.00629. The van der Waals surface area contributed by atoms with Crippen LogP contribution in [0.2, 0.25) is 5.02 Å². The van der Waals surface area contributed by atoms with Crippen LogP contribution < -0.4 is 10.0 Å². The SMILES string of the molecule is CNCCS(=O)(=O)Nc1cc(Br)ccc1Cl. The monoisotopic (exact) mass is 326 g/mol. The number of halogens is 2. The molecule has 2 N–H and O–H groups in total. The van der Waals surface area contributed by atoms with Crippen LogP contribution in [0.15, 0.2) is 22.7 Å². The molecule has 0 atom stereocenters. The number of hydrogen-bond donors (Lipinski definition) is 2. The topological polar surface area (TPSA) is 58.2 Å². The van der Waals surface area contributed by atoms with Gasteiger partial charge >= 0.3 is 0 Å². The predicted molar refractivity (Wildman–Crippen MR) is 70.5 cm³/mol. The molecular formula is C9H12BrClN2O2S. The zero-order valence-electron chi connectivity index (χ0n) is 8.63. The molecule has 1 aromatic rings. The van der Waals surface area contributed by atoms with Gasteiger partial charge in [-0.05, 0) is 25.2 Å². The fourth-order valence-corrected chi connectivity index (χ4v) is 2.69. The highest BCUT2D eigenvalue weighted by atomic mass is 79.9. The Balaban J connectivity index is 2.83. The summed E-state index contributed by atoms with van der Waals surface area (Å²) in [6.45, 7) is 0.390. The van der Waals surface area contributed by atoms with E-state index in [0.29, 0.717) is 17.3 Å². The number of sulfonamides is 1. The summed E-state index contributed by atoms with van der Waals surface area (Å²) in [6.07, 6.45) is 0. The molecule has 0 radical (unpaired) electrons.